The van der Waals surface area contributed by atoms with Gasteiger partial charge in [-0.1, -0.05) is 48.5 Å². The number of para-hydroxylation sites is 1. The second-order valence-corrected chi connectivity index (χ2v) is 7.49. The lowest BCUT2D eigenvalue weighted by Gasteiger charge is -2.17. The number of carbonyl (C=O) groups excluding carboxylic acids is 3. The van der Waals surface area contributed by atoms with Crippen LogP contribution in [0.5, 0.6) is 0 Å². The number of nitrogens with one attached hydrogen (secondary N) is 2. The predicted molar refractivity (Wildman–Crippen MR) is 117 cm³/mol. The SMILES string of the molecule is CC(=O)c1c(C)[nH]c(C(=O)O[C@@H](C(=O)c2c[nH]c3ccccc23)c2ccccc2)c1C. The Morgan fingerprint density at radius 1 is 0.935 bits per heavy atom. The highest BCUT2D eigenvalue weighted by atomic mass is 16.5. The van der Waals surface area contributed by atoms with Crippen LogP contribution in [0.4, 0.5) is 0 Å². The van der Waals surface area contributed by atoms with Crippen molar-refractivity contribution in [3.8, 4) is 0 Å². The van der Waals surface area contributed by atoms with Gasteiger partial charge in [0.2, 0.25) is 5.78 Å². The first-order chi connectivity index (χ1) is 14.9. The second-order valence-electron chi connectivity index (χ2n) is 7.49. The van der Waals surface area contributed by atoms with Crippen molar-refractivity contribution < 1.29 is 19.1 Å². The van der Waals surface area contributed by atoms with Crippen LogP contribution in [0.1, 0.15) is 61.1 Å². The summed E-state index contributed by atoms with van der Waals surface area (Å²) in [5.41, 5.74) is 3.59. The Balaban J connectivity index is 1.73. The number of aromatic amines is 2. The molecule has 0 radical (unpaired) electrons. The average molecular weight is 414 g/mol. The Morgan fingerprint density at radius 3 is 2.29 bits per heavy atom. The molecule has 0 amide bonds. The maximum atomic E-state index is 13.5. The number of carbonyl (C=O) groups is 3. The Hall–Kier alpha value is -3.93. The number of rotatable bonds is 6. The van der Waals surface area contributed by atoms with Crippen LogP contribution in [0.15, 0.2) is 60.8 Å². The minimum Gasteiger partial charge on any atom is -0.444 e. The van der Waals surface area contributed by atoms with E-state index in [0.717, 1.165) is 10.9 Å². The number of ether oxygens (including phenoxy) is 1. The van der Waals surface area contributed by atoms with Crippen molar-refractivity contribution >= 4 is 28.4 Å². The van der Waals surface area contributed by atoms with E-state index in [1.165, 1.54) is 6.92 Å². The van der Waals surface area contributed by atoms with E-state index in [9.17, 15) is 14.4 Å². The normalized spacial score (nSPS) is 12.0. The molecule has 0 aliphatic carbocycles. The van der Waals surface area contributed by atoms with Crippen LogP contribution >= 0.6 is 0 Å². The standard InChI is InChI=1S/C25H22N2O4/c1-14-21(16(3)28)15(2)27-22(14)25(30)31-24(17-9-5-4-6-10-17)23(29)19-13-26-20-12-8-7-11-18(19)20/h4-13,24,26-27H,1-3H3/t24-/m1/s1. The monoisotopic (exact) mass is 414 g/mol. The van der Waals surface area contributed by atoms with E-state index < -0.39 is 12.1 Å². The molecule has 0 aliphatic heterocycles. The van der Waals surface area contributed by atoms with Crippen LogP contribution in [0.2, 0.25) is 0 Å². The summed E-state index contributed by atoms with van der Waals surface area (Å²) >= 11 is 0. The number of H-pyrrole nitrogens is 2. The van der Waals surface area contributed by atoms with Gasteiger partial charge in [0, 0.05) is 39.5 Å². The molecule has 4 rings (SSSR count). The lowest BCUT2D eigenvalue weighted by Crippen LogP contribution is -2.21. The Kier molecular flexibility index (Phi) is 5.29. The van der Waals surface area contributed by atoms with Crippen molar-refractivity contribution in [2.45, 2.75) is 26.9 Å². The van der Waals surface area contributed by atoms with Crippen molar-refractivity contribution in [3.63, 3.8) is 0 Å². The van der Waals surface area contributed by atoms with Gasteiger partial charge in [0.15, 0.2) is 11.9 Å². The van der Waals surface area contributed by atoms with Gasteiger partial charge in [-0.15, -0.1) is 0 Å². The van der Waals surface area contributed by atoms with Gasteiger partial charge in [-0.25, -0.2) is 4.79 Å². The number of fused-ring (bicyclic) bond motifs is 1. The molecule has 6 nitrogen and oxygen atoms in total. The molecule has 0 saturated carbocycles. The fraction of sp³-hybridized carbons (Fsp3) is 0.160. The van der Waals surface area contributed by atoms with Gasteiger partial charge in [-0.2, -0.15) is 0 Å². The van der Waals surface area contributed by atoms with Crippen molar-refractivity contribution in [2.24, 2.45) is 0 Å². The first-order valence-electron chi connectivity index (χ1n) is 9.94. The largest absolute Gasteiger partial charge is 0.444 e. The number of esters is 1. The molecule has 6 heteroatoms. The van der Waals surface area contributed by atoms with Crippen LogP contribution in [0, 0.1) is 13.8 Å². The van der Waals surface area contributed by atoms with Crippen LogP contribution in [0.3, 0.4) is 0 Å². The number of aromatic nitrogens is 2. The highest BCUT2D eigenvalue weighted by molar-refractivity contribution is 6.11. The van der Waals surface area contributed by atoms with E-state index in [1.54, 1.807) is 44.3 Å². The smallest absolute Gasteiger partial charge is 0.356 e. The Bertz CT molecular complexity index is 1300. The number of hydrogen-bond acceptors (Lipinski definition) is 4. The van der Waals surface area contributed by atoms with E-state index in [1.807, 2.05) is 30.3 Å². The molecule has 0 aliphatic rings. The maximum absolute atomic E-state index is 13.5. The zero-order chi connectivity index (χ0) is 22.1. The number of benzene rings is 2. The molecule has 31 heavy (non-hydrogen) atoms. The Morgan fingerprint density at radius 2 is 1.61 bits per heavy atom. The van der Waals surface area contributed by atoms with E-state index >= 15 is 0 Å². The molecule has 0 unspecified atom stereocenters. The average Bonchev–Trinajstić information content (AvgIpc) is 3.32. The van der Waals surface area contributed by atoms with Gasteiger partial charge in [-0.3, -0.25) is 9.59 Å². The van der Waals surface area contributed by atoms with Gasteiger partial charge in [0.05, 0.1) is 0 Å². The molecule has 0 saturated heterocycles. The highest BCUT2D eigenvalue weighted by Crippen LogP contribution is 2.29. The summed E-state index contributed by atoms with van der Waals surface area (Å²) in [6, 6.07) is 16.4. The molecule has 2 aromatic carbocycles. The third-order valence-corrected chi connectivity index (χ3v) is 5.41. The summed E-state index contributed by atoms with van der Waals surface area (Å²) in [5.74, 6) is -1.15. The van der Waals surface area contributed by atoms with Crippen LogP contribution < -0.4 is 0 Å². The van der Waals surface area contributed by atoms with Crippen molar-refractivity contribution in [3.05, 3.63) is 94.4 Å². The molecule has 2 aromatic heterocycles. The van der Waals surface area contributed by atoms with Crippen molar-refractivity contribution in [2.75, 3.05) is 0 Å². The summed E-state index contributed by atoms with van der Waals surface area (Å²) in [4.78, 5) is 44.5. The number of ketones is 2. The summed E-state index contributed by atoms with van der Waals surface area (Å²) in [7, 11) is 0. The van der Waals surface area contributed by atoms with Crippen LogP contribution in [-0.2, 0) is 4.74 Å². The van der Waals surface area contributed by atoms with E-state index in [0.29, 0.717) is 27.9 Å². The first-order valence-corrected chi connectivity index (χ1v) is 9.94. The highest BCUT2D eigenvalue weighted by Gasteiger charge is 2.30. The molecule has 0 spiro atoms. The summed E-state index contributed by atoms with van der Waals surface area (Å²) in [5, 5.41) is 0.759. The maximum Gasteiger partial charge on any atom is 0.356 e. The number of hydrogen-bond donors (Lipinski definition) is 2. The fourth-order valence-corrected chi connectivity index (χ4v) is 3.97. The van der Waals surface area contributed by atoms with Gasteiger partial charge in [-0.05, 0) is 32.4 Å². The third kappa shape index (κ3) is 3.68. The lowest BCUT2D eigenvalue weighted by molar-refractivity contribution is 0.0274. The van der Waals surface area contributed by atoms with Gasteiger partial charge in [0.25, 0.3) is 0 Å². The first kappa shape index (κ1) is 20.3. The molecule has 0 fully saturated rings. The lowest BCUT2D eigenvalue weighted by atomic mass is 9.99. The molecule has 4 aromatic rings. The second kappa shape index (κ2) is 8.07. The minimum atomic E-state index is -1.13. The Labute approximate surface area is 179 Å². The van der Waals surface area contributed by atoms with E-state index in [4.69, 9.17) is 4.74 Å². The molecule has 156 valence electrons. The quantitative estimate of drug-likeness (QED) is 0.339. The minimum absolute atomic E-state index is 0.139. The molecule has 2 heterocycles. The van der Waals surface area contributed by atoms with E-state index in [-0.39, 0.29) is 17.3 Å². The molecule has 0 bridgehead atoms. The third-order valence-electron chi connectivity index (χ3n) is 5.41. The summed E-state index contributed by atoms with van der Waals surface area (Å²) in [6.45, 7) is 4.87. The van der Waals surface area contributed by atoms with Crippen molar-refractivity contribution in [1.29, 1.82) is 0 Å². The predicted octanol–water partition coefficient (Wildman–Crippen LogP) is 5.10. The zero-order valence-electron chi connectivity index (χ0n) is 17.5. The van der Waals surface area contributed by atoms with Gasteiger partial charge >= 0.3 is 5.97 Å². The van der Waals surface area contributed by atoms with Gasteiger partial charge in [0.1, 0.15) is 5.69 Å². The summed E-state index contributed by atoms with van der Waals surface area (Å²) in [6.07, 6.45) is 0.506. The topological polar surface area (TPSA) is 92.0 Å². The zero-order valence-corrected chi connectivity index (χ0v) is 17.5. The van der Waals surface area contributed by atoms with Crippen molar-refractivity contribution in [1.82, 2.24) is 9.97 Å². The van der Waals surface area contributed by atoms with Gasteiger partial charge < -0.3 is 14.7 Å². The molecule has 1 atom stereocenters. The molecular formula is C25H22N2O4. The summed E-state index contributed by atoms with van der Waals surface area (Å²) < 4.78 is 5.74. The van der Waals surface area contributed by atoms with E-state index in [2.05, 4.69) is 9.97 Å². The van der Waals surface area contributed by atoms with Crippen LogP contribution in [-0.4, -0.2) is 27.5 Å². The van der Waals surface area contributed by atoms with Crippen LogP contribution in [0.25, 0.3) is 10.9 Å². The molecular weight excluding hydrogens is 392 g/mol. The number of Topliss-reactive ketones (excluding diaryl/α,β-unsaturated/α-hetero) is 2. The molecule has 2 N–H and O–H groups in total. The fourth-order valence-electron chi connectivity index (χ4n) is 3.97. The number of aryl methyl sites for hydroxylation is 1.